The third-order valence-electron chi connectivity index (χ3n) is 2.81. The van der Waals surface area contributed by atoms with Crippen molar-refractivity contribution in [3.8, 4) is 0 Å². The first kappa shape index (κ1) is 11.4. The van der Waals surface area contributed by atoms with Crippen molar-refractivity contribution in [2.75, 3.05) is 5.73 Å². The van der Waals surface area contributed by atoms with Crippen LogP contribution in [0.1, 0.15) is 5.56 Å². The Bertz CT molecular complexity index is 566. The van der Waals surface area contributed by atoms with Gasteiger partial charge in [-0.05, 0) is 23.4 Å². The highest BCUT2D eigenvalue weighted by Gasteiger charge is 2.14. The minimum atomic E-state index is -0.995. The number of carboxylic acid groups (broad SMARTS) is 1. The van der Waals surface area contributed by atoms with E-state index in [1.54, 1.807) is 6.07 Å². The van der Waals surface area contributed by atoms with E-state index in [4.69, 9.17) is 16.6 Å². The molecule has 0 bridgehead atoms. The number of hydrogen-bond donors (Lipinski definition) is 3. The summed E-state index contributed by atoms with van der Waals surface area (Å²) in [5.74, 6) is -0.995. The minimum absolute atomic E-state index is 0.302. The first-order valence-electron chi connectivity index (χ1n) is 5.34. The predicted octanol–water partition coefficient (Wildman–Crippen LogP) is 1.38. The summed E-state index contributed by atoms with van der Waals surface area (Å²) in [5.41, 5.74) is 13.0. The number of carbonyl (C=O) groups is 1. The Morgan fingerprint density at radius 3 is 2.47 bits per heavy atom. The van der Waals surface area contributed by atoms with Gasteiger partial charge in [0.15, 0.2) is 0 Å². The van der Waals surface area contributed by atoms with Gasteiger partial charge in [0, 0.05) is 11.1 Å². The number of aliphatic carboxylic acids is 1. The van der Waals surface area contributed by atoms with E-state index >= 15 is 0 Å². The lowest BCUT2D eigenvalue weighted by Gasteiger charge is -2.11. The Morgan fingerprint density at radius 1 is 1.18 bits per heavy atom. The quantitative estimate of drug-likeness (QED) is 0.695. The van der Waals surface area contributed by atoms with Crippen molar-refractivity contribution in [1.82, 2.24) is 0 Å². The Balaban J connectivity index is 2.48. The predicted molar refractivity (Wildman–Crippen MR) is 67.7 cm³/mol. The number of fused-ring (bicyclic) bond motifs is 1. The molecule has 0 saturated carbocycles. The van der Waals surface area contributed by atoms with Crippen LogP contribution in [-0.4, -0.2) is 17.1 Å². The van der Waals surface area contributed by atoms with Crippen LogP contribution in [0.25, 0.3) is 10.8 Å². The average molecular weight is 230 g/mol. The average Bonchev–Trinajstić information content (AvgIpc) is 2.33. The third kappa shape index (κ3) is 2.21. The molecule has 0 heterocycles. The van der Waals surface area contributed by atoms with Crippen molar-refractivity contribution in [2.24, 2.45) is 5.73 Å². The van der Waals surface area contributed by atoms with Crippen molar-refractivity contribution in [1.29, 1.82) is 0 Å². The van der Waals surface area contributed by atoms with E-state index in [0.717, 1.165) is 16.3 Å². The molecule has 0 aliphatic rings. The summed E-state index contributed by atoms with van der Waals surface area (Å²) < 4.78 is 0. The Hall–Kier alpha value is -2.07. The first-order chi connectivity index (χ1) is 8.09. The molecule has 2 rings (SSSR count). The molecule has 2 aromatic rings. The molecular formula is C13H14N2O2. The summed E-state index contributed by atoms with van der Waals surface area (Å²) in [5, 5.41) is 10.7. The van der Waals surface area contributed by atoms with Crippen LogP contribution in [0.5, 0.6) is 0 Å². The number of benzene rings is 2. The molecule has 1 atom stereocenters. The van der Waals surface area contributed by atoms with Crippen LogP contribution in [0.4, 0.5) is 5.69 Å². The first-order valence-corrected chi connectivity index (χ1v) is 5.34. The molecule has 0 unspecified atom stereocenters. The maximum Gasteiger partial charge on any atom is 0.320 e. The zero-order chi connectivity index (χ0) is 12.4. The summed E-state index contributed by atoms with van der Waals surface area (Å²) in [6, 6.07) is 10.4. The lowest BCUT2D eigenvalue weighted by Crippen LogP contribution is -2.32. The molecule has 0 radical (unpaired) electrons. The minimum Gasteiger partial charge on any atom is -0.480 e. The SMILES string of the molecule is Nc1ccc(C[C@@H](N)C(=O)O)c2ccccc12. The third-order valence-corrected chi connectivity index (χ3v) is 2.81. The van der Waals surface area contributed by atoms with E-state index in [1.165, 1.54) is 0 Å². The summed E-state index contributed by atoms with van der Waals surface area (Å²) >= 11 is 0. The maximum absolute atomic E-state index is 10.8. The molecule has 2 aromatic carbocycles. The van der Waals surface area contributed by atoms with E-state index in [2.05, 4.69) is 0 Å². The fourth-order valence-electron chi connectivity index (χ4n) is 1.89. The molecular weight excluding hydrogens is 216 g/mol. The van der Waals surface area contributed by atoms with Gasteiger partial charge in [-0.15, -0.1) is 0 Å². The monoisotopic (exact) mass is 230 g/mol. The number of hydrogen-bond acceptors (Lipinski definition) is 3. The fourth-order valence-corrected chi connectivity index (χ4v) is 1.89. The van der Waals surface area contributed by atoms with Gasteiger partial charge in [0.2, 0.25) is 0 Å². The molecule has 0 aliphatic carbocycles. The topological polar surface area (TPSA) is 89.3 Å². The van der Waals surface area contributed by atoms with Gasteiger partial charge >= 0.3 is 5.97 Å². The normalized spacial score (nSPS) is 12.5. The number of rotatable bonds is 3. The van der Waals surface area contributed by atoms with Crippen LogP contribution in [0.15, 0.2) is 36.4 Å². The number of anilines is 1. The fraction of sp³-hybridized carbons (Fsp3) is 0.154. The van der Waals surface area contributed by atoms with Crippen LogP contribution in [0, 0.1) is 0 Å². The van der Waals surface area contributed by atoms with Gasteiger partial charge in [-0.25, -0.2) is 0 Å². The molecule has 88 valence electrons. The van der Waals surface area contributed by atoms with Gasteiger partial charge in [0.1, 0.15) is 6.04 Å². The largest absolute Gasteiger partial charge is 0.480 e. The molecule has 5 N–H and O–H groups in total. The molecule has 4 heteroatoms. The standard InChI is InChI=1S/C13H14N2O2/c14-11-6-5-8(7-12(15)13(16)17)9-3-1-2-4-10(9)11/h1-6,12H,7,14-15H2,(H,16,17)/t12-/m1/s1. The number of nitrogen functional groups attached to an aromatic ring is 1. The van der Waals surface area contributed by atoms with Crippen molar-refractivity contribution in [2.45, 2.75) is 12.5 Å². The highest BCUT2D eigenvalue weighted by Crippen LogP contribution is 2.25. The maximum atomic E-state index is 10.8. The lowest BCUT2D eigenvalue weighted by atomic mass is 9.98. The van der Waals surface area contributed by atoms with E-state index < -0.39 is 12.0 Å². The van der Waals surface area contributed by atoms with Crippen LogP contribution in [0.3, 0.4) is 0 Å². The van der Waals surface area contributed by atoms with Crippen LogP contribution >= 0.6 is 0 Å². The summed E-state index contributed by atoms with van der Waals surface area (Å²) in [6.45, 7) is 0. The van der Waals surface area contributed by atoms with Gasteiger partial charge in [-0.3, -0.25) is 4.79 Å². The molecule has 0 fully saturated rings. The van der Waals surface area contributed by atoms with Gasteiger partial charge in [0.25, 0.3) is 0 Å². The van der Waals surface area contributed by atoms with Gasteiger partial charge in [0.05, 0.1) is 0 Å². The number of carboxylic acids is 1. The molecule has 17 heavy (non-hydrogen) atoms. The van der Waals surface area contributed by atoms with Crippen LogP contribution < -0.4 is 11.5 Å². The van der Waals surface area contributed by atoms with Crippen LogP contribution in [-0.2, 0) is 11.2 Å². The molecule has 0 aromatic heterocycles. The van der Waals surface area contributed by atoms with Crippen LogP contribution in [0.2, 0.25) is 0 Å². The van der Waals surface area contributed by atoms with Crippen molar-refractivity contribution >= 4 is 22.4 Å². The van der Waals surface area contributed by atoms with Crippen molar-refractivity contribution in [3.63, 3.8) is 0 Å². The molecule has 0 amide bonds. The van der Waals surface area contributed by atoms with E-state index in [0.29, 0.717) is 12.1 Å². The Kier molecular flexibility index (Phi) is 2.97. The Morgan fingerprint density at radius 2 is 1.82 bits per heavy atom. The molecule has 0 saturated heterocycles. The van der Waals surface area contributed by atoms with E-state index in [1.807, 2.05) is 30.3 Å². The van der Waals surface area contributed by atoms with Crippen molar-refractivity contribution < 1.29 is 9.90 Å². The second-order valence-corrected chi connectivity index (χ2v) is 4.01. The van der Waals surface area contributed by atoms with E-state index in [-0.39, 0.29) is 0 Å². The molecule has 0 spiro atoms. The van der Waals surface area contributed by atoms with Crippen molar-refractivity contribution in [3.05, 3.63) is 42.0 Å². The zero-order valence-corrected chi connectivity index (χ0v) is 9.26. The summed E-state index contributed by atoms with van der Waals surface area (Å²) in [6.07, 6.45) is 0.302. The van der Waals surface area contributed by atoms with Gasteiger partial charge < -0.3 is 16.6 Å². The van der Waals surface area contributed by atoms with E-state index in [9.17, 15) is 4.79 Å². The zero-order valence-electron chi connectivity index (χ0n) is 9.26. The highest BCUT2D eigenvalue weighted by atomic mass is 16.4. The Labute approximate surface area is 98.8 Å². The smallest absolute Gasteiger partial charge is 0.320 e. The summed E-state index contributed by atoms with van der Waals surface area (Å²) in [4.78, 5) is 10.8. The van der Waals surface area contributed by atoms with Gasteiger partial charge in [-0.1, -0.05) is 30.3 Å². The highest BCUT2D eigenvalue weighted by molar-refractivity contribution is 5.95. The second-order valence-electron chi connectivity index (χ2n) is 4.01. The van der Waals surface area contributed by atoms with Gasteiger partial charge in [-0.2, -0.15) is 0 Å². The number of nitrogens with two attached hydrogens (primary N) is 2. The lowest BCUT2D eigenvalue weighted by molar-refractivity contribution is -0.138. The summed E-state index contributed by atoms with van der Waals surface area (Å²) in [7, 11) is 0. The molecule has 0 aliphatic heterocycles. The second kappa shape index (κ2) is 4.43. The molecule has 4 nitrogen and oxygen atoms in total.